The predicted octanol–water partition coefficient (Wildman–Crippen LogP) is 4.07. The first-order valence-electron chi connectivity index (χ1n) is 8.79. The first-order valence-corrected chi connectivity index (χ1v) is 8.79. The molecule has 2 aromatic carbocycles. The average molecular weight is 391 g/mol. The predicted molar refractivity (Wildman–Crippen MR) is 102 cm³/mol. The molecular formula is C21H17N3O5. The summed E-state index contributed by atoms with van der Waals surface area (Å²) >= 11 is 0. The number of carbonyl (C=O) groups excluding carboxylic acids is 1. The van der Waals surface area contributed by atoms with Gasteiger partial charge in [-0.15, -0.1) is 0 Å². The second-order valence-electron chi connectivity index (χ2n) is 6.22. The minimum Gasteiger partial charge on any atom is -0.484 e. The molecule has 8 nitrogen and oxygen atoms in total. The zero-order valence-electron chi connectivity index (χ0n) is 15.8. The van der Waals surface area contributed by atoms with Crippen molar-refractivity contribution in [3.63, 3.8) is 0 Å². The highest BCUT2D eigenvalue weighted by Gasteiger charge is 2.13. The van der Waals surface area contributed by atoms with Crippen LogP contribution in [-0.4, -0.2) is 28.2 Å². The summed E-state index contributed by atoms with van der Waals surface area (Å²) in [6.07, 6.45) is 1.23. The number of benzene rings is 2. The molecule has 146 valence electrons. The summed E-state index contributed by atoms with van der Waals surface area (Å²) in [5.41, 5.74) is 2.89. The Morgan fingerprint density at radius 1 is 1.07 bits per heavy atom. The van der Waals surface area contributed by atoms with Crippen LogP contribution in [0.15, 0.2) is 63.7 Å². The van der Waals surface area contributed by atoms with Crippen molar-refractivity contribution >= 4 is 5.97 Å². The Balaban J connectivity index is 1.42. The fourth-order valence-corrected chi connectivity index (χ4v) is 2.66. The maximum absolute atomic E-state index is 11.4. The van der Waals surface area contributed by atoms with Crippen LogP contribution >= 0.6 is 0 Å². The number of rotatable bonds is 6. The first-order chi connectivity index (χ1) is 14.1. The van der Waals surface area contributed by atoms with Gasteiger partial charge in [0.05, 0.1) is 7.11 Å². The summed E-state index contributed by atoms with van der Waals surface area (Å²) in [7, 11) is 1.28. The van der Waals surface area contributed by atoms with Crippen LogP contribution in [0.2, 0.25) is 0 Å². The van der Waals surface area contributed by atoms with E-state index >= 15 is 0 Å². The van der Waals surface area contributed by atoms with Crippen LogP contribution in [0, 0.1) is 6.92 Å². The van der Waals surface area contributed by atoms with Crippen LogP contribution in [0.1, 0.15) is 21.9 Å². The summed E-state index contributed by atoms with van der Waals surface area (Å²) < 4.78 is 20.8. The van der Waals surface area contributed by atoms with Gasteiger partial charge in [-0.3, -0.25) is 0 Å². The van der Waals surface area contributed by atoms with Gasteiger partial charge in [-0.05, 0) is 43.3 Å². The smallest absolute Gasteiger partial charge is 0.360 e. The number of hydrogen-bond acceptors (Lipinski definition) is 8. The molecule has 0 N–H and O–H groups in total. The van der Waals surface area contributed by atoms with E-state index < -0.39 is 5.97 Å². The van der Waals surface area contributed by atoms with Crippen molar-refractivity contribution < 1.29 is 23.2 Å². The van der Waals surface area contributed by atoms with Gasteiger partial charge < -0.3 is 18.4 Å². The largest absolute Gasteiger partial charge is 0.484 e. The summed E-state index contributed by atoms with van der Waals surface area (Å²) in [5, 5.41) is 4.05. The molecule has 0 aliphatic carbocycles. The molecule has 0 bridgehead atoms. The lowest BCUT2D eigenvalue weighted by atomic mass is 10.1. The van der Waals surface area contributed by atoms with Crippen molar-refractivity contribution in [2.45, 2.75) is 13.5 Å². The van der Waals surface area contributed by atoms with Gasteiger partial charge in [0, 0.05) is 11.1 Å². The molecule has 8 heteroatoms. The Labute approximate surface area is 166 Å². The van der Waals surface area contributed by atoms with Crippen LogP contribution in [0.4, 0.5) is 0 Å². The average Bonchev–Trinajstić information content (AvgIpc) is 3.42. The lowest BCUT2D eigenvalue weighted by molar-refractivity contribution is 0.0594. The SMILES string of the molecule is COC(=O)c1coc(COc2ccc(-c3noc(-c4cccc(C)c4)n3)cc2)n1. The van der Waals surface area contributed by atoms with Crippen molar-refractivity contribution in [2.24, 2.45) is 0 Å². The van der Waals surface area contributed by atoms with E-state index in [1.807, 2.05) is 43.3 Å². The number of esters is 1. The molecule has 0 unspecified atom stereocenters. The van der Waals surface area contributed by atoms with E-state index in [4.69, 9.17) is 13.7 Å². The van der Waals surface area contributed by atoms with Crippen molar-refractivity contribution in [1.29, 1.82) is 0 Å². The normalized spacial score (nSPS) is 10.7. The molecular weight excluding hydrogens is 374 g/mol. The third kappa shape index (κ3) is 4.16. The molecule has 0 radical (unpaired) electrons. The Morgan fingerprint density at radius 2 is 1.90 bits per heavy atom. The molecule has 0 aliphatic rings. The Kier molecular flexibility index (Phi) is 5.07. The molecule has 0 atom stereocenters. The molecule has 2 heterocycles. The molecule has 2 aromatic heterocycles. The minimum absolute atomic E-state index is 0.0794. The highest BCUT2D eigenvalue weighted by molar-refractivity contribution is 5.86. The molecule has 4 aromatic rings. The van der Waals surface area contributed by atoms with Crippen LogP contribution < -0.4 is 4.74 Å². The number of aryl methyl sites for hydroxylation is 1. The number of nitrogens with zero attached hydrogens (tertiary/aromatic N) is 3. The lowest BCUT2D eigenvalue weighted by Crippen LogP contribution is -2.02. The minimum atomic E-state index is -0.561. The number of aromatic nitrogens is 3. The number of hydrogen-bond donors (Lipinski definition) is 0. The zero-order valence-corrected chi connectivity index (χ0v) is 15.8. The Morgan fingerprint density at radius 3 is 2.66 bits per heavy atom. The maximum atomic E-state index is 11.4. The second-order valence-corrected chi connectivity index (χ2v) is 6.22. The second kappa shape index (κ2) is 7.97. The van der Waals surface area contributed by atoms with Crippen molar-refractivity contribution in [2.75, 3.05) is 7.11 Å². The van der Waals surface area contributed by atoms with Crippen LogP contribution in [0.3, 0.4) is 0 Å². The van der Waals surface area contributed by atoms with Gasteiger partial charge in [0.25, 0.3) is 5.89 Å². The number of oxazole rings is 1. The molecule has 0 saturated carbocycles. The monoisotopic (exact) mass is 391 g/mol. The van der Waals surface area contributed by atoms with E-state index in [2.05, 4.69) is 19.9 Å². The van der Waals surface area contributed by atoms with Gasteiger partial charge in [0.1, 0.15) is 12.0 Å². The quantitative estimate of drug-likeness (QED) is 0.454. The van der Waals surface area contributed by atoms with Crippen LogP contribution in [0.5, 0.6) is 5.75 Å². The highest BCUT2D eigenvalue weighted by Crippen LogP contribution is 2.24. The molecule has 0 amide bonds. The van der Waals surface area contributed by atoms with Gasteiger partial charge in [-0.25, -0.2) is 9.78 Å². The van der Waals surface area contributed by atoms with Gasteiger partial charge in [0.15, 0.2) is 12.3 Å². The van der Waals surface area contributed by atoms with E-state index in [-0.39, 0.29) is 18.2 Å². The molecule has 29 heavy (non-hydrogen) atoms. The summed E-state index contributed by atoms with van der Waals surface area (Å²) in [6, 6.07) is 15.1. The summed E-state index contributed by atoms with van der Waals surface area (Å²) in [5.74, 6) is 1.27. The highest BCUT2D eigenvalue weighted by atomic mass is 16.5. The molecule has 0 aliphatic heterocycles. The zero-order chi connectivity index (χ0) is 20.2. The van der Waals surface area contributed by atoms with E-state index in [1.54, 1.807) is 12.1 Å². The molecule has 0 saturated heterocycles. The van der Waals surface area contributed by atoms with Gasteiger partial charge >= 0.3 is 5.97 Å². The van der Waals surface area contributed by atoms with Crippen molar-refractivity contribution in [3.05, 3.63) is 71.9 Å². The summed E-state index contributed by atoms with van der Waals surface area (Å²) in [6.45, 7) is 2.09. The van der Waals surface area contributed by atoms with Crippen LogP contribution in [0.25, 0.3) is 22.8 Å². The van der Waals surface area contributed by atoms with Crippen LogP contribution in [-0.2, 0) is 11.3 Å². The Bertz CT molecular complexity index is 1130. The standard InChI is InChI=1S/C21H17N3O5/c1-13-4-3-5-15(10-13)20-23-19(24-29-20)14-6-8-16(9-7-14)27-12-18-22-17(11-28-18)21(25)26-2/h3-11H,12H2,1-2H3. The number of methoxy groups -OCH3 is 1. The van der Waals surface area contributed by atoms with E-state index in [0.29, 0.717) is 17.5 Å². The van der Waals surface area contributed by atoms with E-state index in [9.17, 15) is 4.79 Å². The first kappa shape index (κ1) is 18.4. The number of carbonyl (C=O) groups is 1. The van der Waals surface area contributed by atoms with Gasteiger partial charge in [-0.1, -0.05) is 22.9 Å². The van der Waals surface area contributed by atoms with Gasteiger partial charge in [0.2, 0.25) is 11.7 Å². The fourth-order valence-electron chi connectivity index (χ4n) is 2.66. The van der Waals surface area contributed by atoms with Crippen molar-refractivity contribution in [3.8, 4) is 28.6 Å². The topological polar surface area (TPSA) is 100 Å². The Hall–Kier alpha value is -3.94. The number of ether oxygens (including phenoxy) is 2. The molecule has 4 rings (SSSR count). The summed E-state index contributed by atoms with van der Waals surface area (Å²) in [4.78, 5) is 19.8. The van der Waals surface area contributed by atoms with E-state index in [1.165, 1.54) is 13.4 Å². The van der Waals surface area contributed by atoms with E-state index in [0.717, 1.165) is 16.7 Å². The van der Waals surface area contributed by atoms with Crippen molar-refractivity contribution in [1.82, 2.24) is 15.1 Å². The molecule has 0 fully saturated rings. The third-order valence-electron chi connectivity index (χ3n) is 4.11. The third-order valence-corrected chi connectivity index (χ3v) is 4.11. The van der Waals surface area contributed by atoms with Gasteiger partial charge in [-0.2, -0.15) is 4.98 Å². The molecule has 0 spiro atoms. The lowest BCUT2D eigenvalue weighted by Gasteiger charge is -2.03. The maximum Gasteiger partial charge on any atom is 0.360 e. The fraction of sp³-hybridized carbons (Fsp3) is 0.143.